The third-order valence-electron chi connectivity index (χ3n) is 4.29. The van der Waals surface area contributed by atoms with E-state index in [1.807, 2.05) is 84.9 Å². The van der Waals surface area contributed by atoms with Crippen molar-refractivity contribution in [3.05, 3.63) is 90.6 Å². The monoisotopic (exact) mass is 445 g/mol. The van der Waals surface area contributed by atoms with Crippen LogP contribution in [0.2, 0.25) is 0 Å². The summed E-state index contributed by atoms with van der Waals surface area (Å²) in [5.74, 6) is 0.992. The predicted molar refractivity (Wildman–Crippen MR) is 126 cm³/mol. The van der Waals surface area contributed by atoms with Gasteiger partial charge < -0.3 is 20.1 Å². The molecule has 0 aromatic heterocycles. The quantitative estimate of drug-likeness (QED) is 0.263. The first-order valence-electron chi connectivity index (χ1n) is 9.93. The first-order chi connectivity index (χ1) is 15.7. The number of para-hydroxylation sites is 1. The minimum Gasteiger partial charge on any atom is -0.497 e. The largest absolute Gasteiger partial charge is 0.497 e. The van der Waals surface area contributed by atoms with E-state index >= 15 is 0 Å². The number of rotatable bonds is 10. The van der Waals surface area contributed by atoms with E-state index < -0.39 is 5.91 Å². The van der Waals surface area contributed by atoms with Crippen LogP contribution in [-0.2, 0) is 4.79 Å². The third-order valence-corrected chi connectivity index (χ3v) is 5.38. The van der Waals surface area contributed by atoms with Gasteiger partial charge in [0, 0.05) is 22.5 Å². The van der Waals surface area contributed by atoms with Crippen LogP contribution in [0.25, 0.3) is 0 Å². The molecule has 0 aliphatic heterocycles. The molecule has 0 saturated carbocycles. The maximum absolute atomic E-state index is 12.6. The second kappa shape index (κ2) is 12.1. The van der Waals surface area contributed by atoms with Gasteiger partial charge in [0.05, 0.1) is 12.8 Å². The second-order valence-corrected chi connectivity index (χ2v) is 7.63. The van der Waals surface area contributed by atoms with E-state index in [9.17, 15) is 10.1 Å². The van der Waals surface area contributed by atoms with Gasteiger partial charge in [-0.3, -0.25) is 4.79 Å². The molecule has 0 heterocycles. The highest BCUT2D eigenvalue weighted by molar-refractivity contribution is 7.99. The fraction of sp³-hybridized carbons (Fsp3) is 0.120. The summed E-state index contributed by atoms with van der Waals surface area (Å²) in [7, 11) is 1.61. The molecule has 1 amide bonds. The summed E-state index contributed by atoms with van der Waals surface area (Å²) in [6.45, 7) is 0.810. The lowest BCUT2D eigenvalue weighted by Gasteiger charge is -2.11. The van der Waals surface area contributed by atoms with Crippen molar-refractivity contribution in [3.8, 4) is 17.6 Å². The molecule has 0 atom stereocenters. The Hall–Kier alpha value is -3.89. The zero-order chi connectivity index (χ0) is 22.6. The summed E-state index contributed by atoms with van der Waals surface area (Å²) >= 11 is 1.54. The summed E-state index contributed by atoms with van der Waals surface area (Å²) in [6, 6.07) is 26.6. The number of nitrogens with zero attached hydrogens (tertiary/aromatic N) is 1. The van der Waals surface area contributed by atoms with Crippen LogP contribution in [0.15, 0.2) is 100 Å². The van der Waals surface area contributed by atoms with E-state index in [0.717, 1.165) is 15.5 Å². The lowest BCUT2D eigenvalue weighted by Crippen LogP contribution is -2.20. The number of anilines is 1. The van der Waals surface area contributed by atoms with E-state index in [0.29, 0.717) is 24.6 Å². The number of nitriles is 1. The first-order valence-corrected chi connectivity index (χ1v) is 10.7. The maximum Gasteiger partial charge on any atom is 0.267 e. The summed E-state index contributed by atoms with van der Waals surface area (Å²) in [5.41, 5.74) is 0.629. The summed E-state index contributed by atoms with van der Waals surface area (Å²) in [4.78, 5) is 14.6. The summed E-state index contributed by atoms with van der Waals surface area (Å²) in [6.07, 6.45) is 1.40. The molecule has 3 rings (SSSR count). The van der Waals surface area contributed by atoms with E-state index in [1.165, 1.54) is 6.20 Å². The Morgan fingerprint density at radius 3 is 2.41 bits per heavy atom. The highest BCUT2D eigenvalue weighted by Gasteiger charge is 2.12. The SMILES string of the molecule is COc1ccc(OCCN/C=C(/C#N)C(=O)Nc2ccccc2Sc2ccccc2)cc1. The molecule has 3 aromatic carbocycles. The Morgan fingerprint density at radius 1 is 1.00 bits per heavy atom. The Labute approximate surface area is 191 Å². The molecular weight excluding hydrogens is 422 g/mol. The number of amides is 1. The summed E-state index contributed by atoms with van der Waals surface area (Å²) in [5, 5.41) is 15.2. The first kappa shape index (κ1) is 22.8. The highest BCUT2D eigenvalue weighted by atomic mass is 32.2. The predicted octanol–water partition coefficient (Wildman–Crippen LogP) is 4.86. The van der Waals surface area contributed by atoms with Gasteiger partial charge in [0.1, 0.15) is 29.7 Å². The minimum atomic E-state index is -0.475. The van der Waals surface area contributed by atoms with Crippen LogP contribution in [0.3, 0.4) is 0 Å². The summed E-state index contributed by atoms with van der Waals surface area (Å²) < 4.78 is 10.7. The molecule has 2 N–H and O–H groups in total. The molecule has 7 heteroatoms. The molecule has 0 aliphatic carbocycles. The average molecular weight is 446 g/mol. The van der Waals surface area contributed by atoms with E-state index in [1.54, 1.807) is 18.9 Å². The highest BCUT2D eigenvalue weighted by Crippen LogP contribution is 2.33. The van der Waals surface area contributed by atoms with Gasteiger partial charge in [-0.15, -0.1) is 0 Å². The van der Waals surface area contributed by atoms with Gasteiger partial charge in [0.2, 0.25) is 0 Å². The molecule has 32 heavy (non-hydrogen) atoms. The fourth-order valence-electron chi connectivity index (χ4n) is 2.69. The number of benzene rings is 3. The van der Waals surface area contributed by atoms with Crippen LogP contribution in [0, 0.1) is 11.3 Å². The van der Waals surface area contributed by atoms with Gasteiger partial charge >= 0.3 is 0 Å². The molecule has 0 unspecified atom stereocenters. The van der Waals surface area contributed by atoms with Gasteiger partial charge in [-0.05, 0) is 48.5 Å². The number of ether oxygens (including phenoxy) is 2. The lowest BCUT2D eigenvalue weighted by atomic mass is 10.2. The number of hydrogen-bond donors (Lipinski definition) is 2. The maximum atomic E-state index is 12.6. The number of methoxy groups -OCH3 is 1. The van der Waals surface area contributed by atoms with Gasteiger partial charge in [0.25, 0.3) is 5.91 Å². The van der Waals surface area contributed by atoms with Gasteiger partial charge in [-0.1, -0.05) is 42.1 Å². The average Bonchev–Trinajstić information content (AvgIpc) is 2.83. The zero-order valence-corrected chi connectivity index (χ0v) is 18.4. The molecular formula is C25H23N3O3S. The van der Waals surface area contributed by atoms with Crippen molar-refractivity contribution in [1.82, 2.24) is 5.32 Å². The molecule has 6 nitrogen and oxygen atoms in total. The molecule has 0 fully saturated rings. The third kappa shape index (κ3) is 6.83. The number of carbonyl (C=O) groups is 1. The van der Waals surface area contributed by atoms with Crippen LogP contribution in [0.5, 0.6) is 11.5 Å². The van der Waals surface area contributed by atoms with E-state index in [2.05, 4.69) is 10.6 Å². The van der Waals surface area contributed by atoms with Crippen molar-refractivity contribution >= 4 is 23.4 Å². The topological polar surface area (TPSA) is 83.4 Å². The fourth-order valence-corrected chi connectivity index (χ4v) is 3.61. The molecule has 0 bridgehead atoms. The van der Waals surface area contributed by atoms with Crippen molar-refractivity contribution in [2.75, 3.05) is 25.6 Å². The molecule has 0 aliphatic rings. The van der Waals surface area contributed by atoms with Gasteiger partial charge in [-0.2, -0.15) is 5.26 Å². The van der Waals surface area contributed by atoms with Crippen molar-refractivity contribution in [2.24, 2.45) is 0 Å². The van der Waals surface area contributed by atoms with Crippen molar-refractivity contribution < 1.29 is 14.3 Å². The van der Waals surface area contributed by atoms with Crippen molar-refractivity contribution in [3.63, 3.8) is 0 Å². The van der Waals surface area contributed by atoms with Crippen LogP contribution in [0.1, 0.15) is 0 Å². The van der Waals surface area contributed by atoms with Crippen molar-refractivity contribution in [1.29, 1.82) is 5.26 Å². The molecule has 0 saturated heterocycles. The lowest BCUT2D eigenvalue weighted by molar-refractivity contribution is -0.112. The van der Waals surface area contributed by atoms with Crippen LogP contribution in [0.4, 0.5) is 5.69 Å². The van der Waals surface area contributed by atoms with Gasteiger partial charge in [-0.25, -0.2) is 0 Å². The molecule has 0 spiro atoms. The number of nitrogens with one attached hydrogen (secondary N) is 2. The minimum absolute atomic E-state index is 0.0195. The Balaban J connectivity index is 1.53. The van der Waals surface area contributed by atoms with Gasteiger partial charge in [0.15, 0.2) is 0 Å². The van der Waals surface area contributed by atoms with Crippen LogP contribution >= 0.6 is 11.8 Å². The van der Waals surface area contributed by atoms with Crippen molar-refractivity contribution in [2.45, 2.75) is 9.79 Å². The Bertz CT molecular complexity index is 1090. The Morgan fingerprint density at radius 2 is 1.69 bits per heavy atom. The van der Waals surface area contributed by atoms with Crippen LogP contribution in [-0.4, -0.2) is 26.2 Å². The molecule has 3 aromatic rings. The smallest absolute Gasteiger partial charge is 0.267 e. The molecule has 162 valence electrons. The second-order valence-electron chi connectivity index (χ2n) is 6.51. The Kier molecular flexibility index (Phi) is 8.60. The number of carbonyl (C=O) groups excluding carboxylic acids is 1. The van der Waals surface area contributed by atoms with E-state index in [4.69, 9.17) is 9.47 Å². The number of hydrogen-bond acceptors (Lipinski definition) is 6. The zero-order valence-electron chi connectivity index (χ0n) is 17.6. The normalized spacial score (nSPS) is 10.7. The molecule has 0 radical (unpaired) electrons. The van der Waals surface area contributed by atoms with E-state index in [-0.39, 0.29) is 5.57 Å². The standard InChI is InChI=1S/C25H23N3O3S/c1-30-20-11-13-21(14-12-20)31-16-15-27-18-19(17-26)25(29)28-23-9-5-6-10-24(23)32-22-7-3-2-4-8-22/h2-14,18,27H,15-16H2,1H3,(H,28,29)/b19-18-. The van der Waals surface area contributed by atoms with Crippen LogP contribution < -0.4 is 20.1 Å².